The minimum absolute atomic E-state index is 0.00699. The number of carbonyl (C=O) groups is 5. The smallest absolute Gasteiger partial charge is 0.265 e. The number of ether oxygens (including phenoxy) is 6. The van der Waals surface area contributed by atoms with E-state index < -0.39 is 27.8 Å². The van der Waals surface area contributed by atoms with E-state index in [1.165, 1.54) is 29.3 Å². The van der Waals surface area contributed by atoms with Crippen LogP contribution < -0.4 is 28.9 Å². The zero-order valence-electron chi connectivity index (χ0n) is 52.2. The van der Waals surface area contributed by atoms with Crippen LogP contribution in [0.4, 0.5) is 17.1 Å². The van der Waals surface area contributed by atoms with Crippen LogP contribution in [-0.2, 0) is 77.6 Å². The Morgan fingerprint density at radius 3 is 2.07 bits per heavy atom. The predicted octanol–water partition coefficient (Wildman–Crippen LogP) is 10.6. The highest BCUT2D eigenvalue weighted by Gasteiger charge is 2.44. The van der Waals surface area contributed by atoms with Gasteiger partial charge >= 0.3 is 0 Å². The summed E-state index contributed by atoms with van der Waals surface area (Å²) in [6.07, 6.45) is 6.93. The number of likely N-dealkylation sites (tertiary alicyclic amines) is 1. The van der Waals surface area contributed by atoms with E-state index in [0.717, 1.165) is 64.2 Å². The summed E-state index contributed by atoms with van der Waals surface area (Å²) in [7, 11) is 2.18. The Hall–Kier alpha value is -6.11. The van der Waals surface area contributed by atoms with Crippen LogP contribution in [0.2, 0.25) is 0 Å². The molecule has 90 heavy (non-hydrogen) atoms. The number of Topliss-reactive ketones (excluding diaryl/α,β-unsaturated/α-hetero) is 1. The number of nitrogens with zero attached hydrogens (tertiary/aromatic N) is 4. The molecule has 0 saturated carbocycles. The van der Waals surface area contributed by atoms with Gasteiger partial charge in [0.1, 0.15) is 24.7 Å². The van der Waals surface area contributed by atoms with Gasteiger partial charge in [-0.3, -0.25) is 33.4 Å². The summed E-state index contributed by atoms with van der Waals surface area (Å²) in [4.78, 5) is 74.2. The van der Waals surface area contributed by atoms with E-state index in [1.54, 1.807) is 45.7 Å². The standard InChI is InChI=1S/C68H82N4O14S4/c1-44-29-55-47(19-20-52-34-48-13-7-9-17-57(48)71(52)65(55)75)36-60(44)85-40-45-30-46(41-86-62-37-50-33-51(42-90(78,79)80)59-35-49-14-8-10-18-58(49)72(59)66(76)56(50)38-61(62)82-5)32-53(31-45)69(22-23-83-26-27-84-25-24-81-4)43-68(2,3)89-88-28-12-16-54(73)15-11-21-70-64(74)39-63(87-6)67(70)77/h7-10,13-14,17-18,29-32,36-38,51-52,59,63H,11-12,15-16,19-28,33-35,39-43H2,1-6H3,(H,78,79,80)/t51?,52-,59+,63?/m1/s1. The third-order valence-corrected chi connectivity index (χ3v) is 22.5. The zero-order valence-corrected chi connectivity index (χ0v) is 55.5. The van der Waals surface area contributed by atoms with Crippen molar-refractivity contribution in [1.29, 1.82) is 0 Å². The number of carbonyl (C=O) groups excluding carboxylic acids is 5. The summed E-state index contributed by atoms with van der Waals surface area (Å²) >= 11 is 1.38. The Morgan fingerprint density at radius 2 is 1.37 bits per heavy atom. The number of methoxy groups -OCH3 is 2. The predicted molar refractivity (Wildman–Crippen MR) is 355 cm³/mol. The van der Waals surface area contributed by atoms with Crippen LogP contribution in [0.25, 0.3) is 0 Å². The van der Waals surface area contributed by atoms with Crippen LogP contribution in [0.5, 0.6) is 17.2 Å². The maximum absolute atomic E-state index is 14.7. The van der Waals surface area contributed by atoms with Crippen molar-refractivity contribution < 1.29 is 65.4 Å². The lowest BCUT2D eigenvalue weighted by molar-refractivity contribution is -0.138. The average Bonchev–Trinajstić information content (AvgIpc) is 1.62. The van der Waals surface area contributed by atoms with E-state index in [2.05, 4.69) is 36.9 Å². The van der Waals surface area contributed by atoms with Gasteiger partial charge in [0.15, 0.2) is 11.5 Å². The van der Waals surface area contributed by atoms with Gasteiger partial charge in [-0.05, 0) is 166 Å². The fourth-order valence-corrected chi connectivity index (χ4v) is 17.1. The normalized spacial score (nSPS) is 18.6. The number of rotatable bonds is 32. The molecule has 22 heteroatoms. The van der Waals surface area contributed by atoms with Crippen LogP contribution in [0.3, 0.4) is 0 Å². The van der Waals surface area contributed by atoms with Crippen molar-refractivity contribution in [2.45, 2.75) is 120 Å². The maximum Gasteiger partial charge on any atom is 0.265 e. The SMILES string of the molecule is COCCOCCOCCN(CC(C)(C)SSCCCC(=O)CCCN1C(=O)CC(SC)C1=O)c1cc(COc2cc3c(cc2C)C(=O)N2c4ccccc4C[C@H]2CC3)cc(COc2cc3c(cc2OC)C(=O)N2c4ccccc4C[C@H]2C(CS(=O)(=O)O)C3)c1. The van der Waals surface area contributed by atoms with Gasteiger partial charge in [0.05, 0.1) is 51.1 Å². The topological polar surface area (TPSA) is 208 Å². The van der Waals surface area contributed by atoms with Gasteiger partial charge < -0.3 is 43.1 Å². The van der Waals surface area contributed by atoms with Crippen molar-refractivity contribution in [3.8, 4) is 17.2 Å². The molecule has 5 heterocycles. The minimum Gasteiger partial charge on any atom is -0.493 e. The van der Waals surface area contributed by atoms with E-state index in [-0.39, 0.29) is 78.1 Å². The quantitative estimate of drug-likeness (QED) is 0.0184. The zero-order chi connectivity index (χ0) is 63.7. The lowest BCUT2D eigenvalue weighted by atomic mass is 9.91. The van der Waals surface area contributed by atoms with Gasteiger partial charge in [-0.15, -0.1) is 0 Å². The molecule has 5 aliphatic heterocycles. The summed E-state index contributed by atoms with van der Waals surface area (Å²) < 4.78 is 71.7. The number of fused-ring (bicyclic) bond motifs is 8. The second-order valence-corrected chi connectivity index (χ2v) is 30.0. The van der Waals surface area contributed by atoms with Gasteiger partial charge in [0, 0.05) is 103 Å². The van der Waals surface area contributed by atoms with E-state index in [9.17, 15) is 36.9 Å². The van der Waals surface area contributed by atoms with Gasteiger partial charge in [-0.25, -0.2) is 0 Å². The van der Waals surface area contributed by atoms with Gasteiger partial charge in [-0.1, -0.05) is 58.0 Å². The summed E-state index contributed by atoms with van der Waals surface area (Å²) in [5.41, 5.74) is 9.78. The number of imide groups is 1. The van der Waals surface area contributed by atoms with E-state index >= 15 is 0 Å². The monoisotopic (exact) mass is 1310 g/mol. The first-order valence-electron chi connectivity index (χ1n) is 30.9. The number of para-hydroxylation sites is 2. The molecule has 4 amide bonds. The molecule has 5 aromatic carbocycles. The minimum atomic E-state index is -4.43. The molecule has 0 bridgehead atoms. The molecule has 0 radical (unpaired) electrons. The first-order valence-corrected chi connectivity index (χ1v) is 36.1. The summed E-state index contributed by atoms with van der Waals surface area (Å²) in [6, 6.07) is 29.0. The Kier molecular flexibility index (Phi) is 22.3. The van der Waals surface area contributed by atoms with Gasteiger partial charge in [0.25, 0.3) is 21.9 Å². The third kappa shape index (κ3) is 16.2. The Bertz CT molecular complexity index is 3570. The number of aryl methyl sites for hydroxylation is 2. The van der Waals surface area contributed by atoms with Crippen LogP contribution in [0, 0.1) is 12.8 Å². The Labute approximate surface area is 540 Å². The summed E-state index contributed by atoms with van der Waals surface area (Å²) in [6.45, 7) is 10.1. The van der Waals surface area contributed by atoms with E-state index in [0.29, 0.717) is 118 Å². The van der Waals surface area contributed by atoms with Crippen molar-refractivity contribution in [1.82, 2.24) is 4.90 Å². The number of benzene rings is 5. The van der Waals surface area contributed by atoms with Gasteiger partial charge in [-0.2, -0.15) is 20.2 Å². The molecule has 482 valence electrons. The molecular weight excluding hydrogens is 1230 g/mol. The first kappa shape index (κ1) is 66.8. The summed E-state index contributed by atoms with van der Waals surface area (Å²) in [5, 5.41) is -0.334. The van der Waals surface area contributed by atoms with Crippen LogP contribution in [0.1, 0.15) is 112 Å². The molecule has 2 unspecified atom stereocenters. The van der Waals surface area contributed by atoms with Crippen molar-refractivity contribution in [3.05, 3.63) is 141 Å². The molecule has 4 atom stereocenters. The molecule has 18 nitrogen and oxygen atoms in total. The highest BCUT2D eigenvalue weighted by Crippen LogP contribution is 2.45. The van der Waals surface area contributed by atoms with Crippen LogP contribution in [-0.4, -0.2) is 154 Å². The average molecular weight is 1310 g/mol. The summed E-state index contributed by atoms with van der Waals surface area (Å²) in [5.74, 6) is 0.455. The molecular formula is C68H82N4O14S4. The third-order valence-electron chi connectivity index (χ3n) is 17.3. The Morgan fingerprint density at radius 1 is 0.722 bits per heavy atom. The number of hydrogen-bond acceptors (Lipinski definition) is 17. The number of ketones is 1. The van der Waals surface area contributed by atoms with Crippen molar-refractivity contribution >= 4 is 89.9 Å². The lowest BCUT2D eigenvalue weighted by Crippen LogP contribution is -2.43. The highest BCUT2D eigenvalue weighted by molar-refractivity contribution is 8.77. The van der Waals surface area contributed by atoms with Crippen LogP contribution in [0.15, 0.2) is 91.0 Å². The first-order chi connectivity index (χ1) is 43.3. The van der Waals surface area contributed by atoms with Crippen molar-refractivity contribution in [2.24, 2.45) is 5.92 Å². The van der Waals surface area contributed by atoms with E-state index in [4.69, 9.17) is 28.4 Å². The number of anilines is 3. The number of thioether (sulfide) groups is 1. The van der Waals surface area contributed by atoms with Crippen LogP contribution >= 0.6 is 33.3 Å². The number of amides is 4. The molecule has 5 aliphatic rings. The lowest BCUT2D eigenvalue weighted by Gasteiger charge is -2.34. The molecule has 1 saturated heterocycles. The molecule has 1 fully saturated rings. The van der Waals surface area contributed by atoms with Crippen molar-refractivity contribution in [3.63, 3.8) is 0 Å². The highest BCUT2D eigenvalue weighted by atomic mass is 33.1. The maximum atomic E-state index is 14.7. The van der Waals surface area contributed by atoms with Crippen molar-refractivity contribution in [2.75, 3.05) is 99.3 Å². The Balaban J connectivity index is 0.897. The molecule has 1 N–H and O–H groups in total. The molecule has 10 rings (SSSR count). The second kappa shape index (κ2) is 30.1. The molecule has 5 aromatic rings. The van der Waals surface area contributed by atoms with E-state index in [1.807, 2.05) is 78.7 Å². The van der Waals surface area contributed by atoms with Gasteiger partial charge in [0.2, 0.25) is 11.8 Å². The molecule has 0 spiro atoms. The molecule has 0 aliphatic carbocycles. The number of hydrogen-bond donors (Lipinski definition) is 1. The largest absolute Gasteiger partial charge is 0.493 e. The second-order valence-electron chi connectivity index (χ2n) is 24.4. The fourth-order valence-electron chi connectivity index (χ4n) is 13.0. The fraction of sp³-hybridized carbons (Fsp3) is 0.485. The molecule has 0 aromatic heterocycles.